The van der Waals surface area contributed by atoms with Crippen LogP contribution in [0.2, 0.25) is 0 Å². The average molecular weight is 403 g/mol. The van der Waals surface area contributed by atoms with E-state index in [9.17, 15) is 9.59 Å². The van der Waals surface area contributed by atoms with E-state index < -0.39 is 12.0 Å². The molecule has 2 unspecified atom stereocenters. The van der Waals surface area contributed by atoms with Gasteiger partial charge in [-0.1, -0.05) is 49.4 Å². The lowest BCUT2D eigenvalue weighted by molar-refractivity contribution is -0.120. The number of hydrogen-bond acceptors (Lipinski definition) is 3. The number of amides is 3. The highest BCUT2D eigenvalue weighted by Gasteiger charge is 2.23. The Bertz CT molecular complexity index is 794. The van der Waals surface area contributed by atoms with Crippen LogP contribution in [0.4, 0.5) is 16.2 Å². The molecule has 0 aromatic heterocycles. The number of nitrogens with zero attached hydrogens (tertiary/aromatic N) is 1. The Kier molecular flexibility index (Phi) is 7.84. The van der Waals surface area contributed by atoms with Gasteiger partial charge in [0.05, 0.1) is 17.3 Å². The highest BCUT2D eigenvalue weighted by molar-refractivity contribution is 6.00. The number of carbonyl (C=O) groups is 2. The molecule has 0 radical (unpaired) electrons. The Hall–Kier alpha value is -2.57. The summed E-state index contributed by atoms with van der Waals surface area (Å²) in [5, 5.41) is 5.80. The average Bonchev–Trinajstić information content (AvgIpc) is 3.24. The number of para-hydroxylation sites is 2. The quantitative estimate of drug-likeness (QED) is 0.706. The van der Waals surface area contributed by atoms with Crippen molar-refractivity contribution in [3.05, 3.63) is 60.2 Å². The van der Waals surface area contributed by atoms with Crippen LogP contribution in [0, 0.1) is 5.92 Å². The number of likely N-dealkylation sites (tertiary alicyclic amines) is 1. The maximum Gasteiger partial charge on any atom is 0.321 e. The van der Waals surface area contributed by atoms with Gasteiger partial charge in [0.15, 0.2) is 0 Å². The molecule has 3 rings (SSSR count). The molecule has 2 aromatic carbocycles. The van der Waals surface area contributed by atoms with Crippen molar-refractivity contribution >= 4 is 35.7 Å². The lowest BCUT2D eigenvalue weighted by atomic mass is 9.94. The first kappa shape index (κ1) is 21.7. The first-order valence-electron chi connectivity index (χ1n) is 9.32. The second kappa shape index (κ2) is 10.1. The van der Waals surface area contributed by atoms with E-state index in [1.54, 1.807) is 24.0 Å². The van der Waals surface area contributed by atoms with Crippen molar-refractivity contribution in [1.29, 1.82) is 0 Å². The third kappa shape index (κ3) is 5.24. The molecular weight excluding hydrogens is 376 g/mol. The lowest BCUT2D eigenvalue weighted by Crippen LogP contribution is -2.33. The van der Waals surface area contributed by atoms with Crippen molar-refractivity contribution in [2.24, 2.45) is 11.7 Å². The van der Waals surface area contributed by atoms with Crippen molar-refractivity contribution in [3.63, 3.8) is 0 Å². The van der Waals surface area contributed by atoms with Gasteiger partial charge in [-0.25, -0.2) is 4.79 Å². The molecule has 7 heteroatoms. The van der Waals surface area contributed by atoms with Crippen LogP contribution in [0.15, 0.2) is 54.6 Å². The Balaban J connectivity index is 0.00000280. The molecule has 0 saturated carbocycles. The summed E-state index contributed by atoms with van der Waals surface area (Å²) in [7, 11) is 0. The fourth-order valence-corrected chi connectivity index (χ4v) is 3.19. The zero-order chi connectivity index (χ0) is 19.2. The highest BCUT2D eigenvalue weighted by Crippen LogP contribution is 2.25. The van der Waals surface area contributed by atoms with E-state index in [0.29, 0.717) is 11.4 Å². The number of hydrogen-bond donors (Lipinski definition) is 3. The van der Waals surface area contributed by atoms with Crippen molar-refractivity contribution in [2.45, 2.75) is 25.8 Å². The van der Waals surface area contributed by atoms with E-state index in [2.05, 4.69) is 10.6 Å². The van der Waals surface area contributed by atoms with Gasteiger partial charge in [-0.05, 0) is 30.5 Å². The molecule has 1 heterocycles. The molecule has 1 aliphatic rings. The van der Waals surface area contributed by atoms with E-state index in [1.807, 2.05) is 42.5 Å². The summed E-state index contributed by atoms with van der Waals surface area (Å²) >= 11 is 0. The summed E-state index contributed by atoms with van der Waals surface area (Å²) in [6.45, 7) is 3.34. The van der Waals surface area contributed by atoms with Gasteiger partial charge in [-0.2, -0.15) is 0 Å². The van der Waals surface area contributed by atoms with Crippen molar-refractivity contribution < 1.29 is 9.59 Å². The SMILES string of the molecule is CC(C(=O)Nc1ccccc1NC(=O)N1CCCC1)C(N)c1ccccc1.Cl. The molecule has 0 aliphatic carbocycles. The predicted octanol–water partition coefficient (Wildman–Crippen LogP) is 4.01. The largest absolute Gasteiger partial charge is 0.325 e. The summed E-state index contributed by atoms with van der Waals surface area (Å²) in [6, 6.07) is 16.2. The molecule has 0 bridgehead atoms. The summed E-state index contributed by atoms with van der Waals surface area (Å²) in [6.07, 6.45) is 2.06. The fourth-order valence-electron chi connectivity index (χ4n) is 3.19. The van der Waals surface area contributed by atoms with Gasteiger partial charge < -0.3 is 21.3 Å². The molecule has 3 amide bonds. The molecule has 1 fully saturated rings. The van der Waals surface area contributed by atoms with Gasteiger partial charge >= 0.3 is 6.03 Å². The number of nitrogens with two attached hydrogens (primary N) is 1. The number of urea groups is 1. The van der Waals surface area contributed by atoms with Gasteiger partial charge in [-0.3, -0.25) is 4.79 Å². The molecule has 1 aliphatic heterocycles. The lowest BCUT2D eigenvalue weighted by Gasteiger charge is -2.22. The molecule has 0 spiro atoms. The molecular formula is C21H27ClN4O2. The number of carbonyl (C=O) groups excluding carboxylic acids is 2. The molecule has 1 saturated heterocycles. The Morgan fingerprint density at radius 3 is 2.07 bits per heavy atom. The van der Waals surface area contributed by atoms with Crippen LogP contribution in [0.1, 0.15) is 31.4 Å². The first-order valence-corrected chi connectivity index (χ1v) is 9.32. The monoisotopic (exact) mass is 402 g/mol. The standard InChI is InChI=1S/C21H26N4O2.ClH/c1-15(19(22)16-9-3-2-4-10-16)20(26)23-17-11-5-6-12-18(17)24-21(27)25-13-7-8-14-25;/h2-6,9-12,15,19H,7-8,13-14,22H2,1H3,(H,23,26)(H,24,27);1H. The number of nitrogens with one attached hydrogen (secondary N) is 2. The third-order valence-electron chi connectivity index (χ3n) is 4.96. The van der Waals surface area contributed by atoms with Gasteiger partial charge in [0.2, 0.25) is 5.91 Å². The summed E-state index contributed by atoms with van der Waals surface area (Å²) < 4.78 is 0. The topological polar surface area (TPSA) is 87.5 Å². The Morgan fingerprint density at radius 1 is 0.929 bits per heavy atom. The minimum Gasteiger partial charge on any atom is -0.325 e. The smallest absolute Gasteiger partial charge is 0.321 e. The zero-order valence-corrected chi connectivity index (χ0v) is 16.7. The number of rotatable bonds is 5. The molecule has 6 nitrogen and oxygen atoms in total. The maximum absolute atomic E-state index is 12.7. The van der Waals surface area contributed by atoms with E-state index in [0.717, 1.165) is 31.5 Å². The Labute approximate surface area is 171 Å². The molecule has 28 heavy (non-hydrogen) atoms. The number of anilines is 2. The number of benzene rings is 2. The maximum atomic E-state index is 12.7. The summed E-state index contributed by atoms with van der Waals surface area (Å²) in [5.74, 6) is -0.607. The zero-order valence-electron chi connectivity index (χ0n) is 15.9. The first-order chi connectivity index (χ1) is 13.1. The molecule has 4 N–H and O–H groups in total. The van der Waals surface area contributed by atoms with Crippen LogP contribution < -0.4 is 16.4 Å². The van der Waals surface area contributed by atoms with Crippen LogP contribution in [-0.4, -0.2) is 29.9 Å². The van der Waals surface area contributed by atoms with E-state index in [4.69, 9.17) is 5.73 Å². The van der Waals surface area contributed by atoms with Gasteiger partial charge in [0.1, 0.15) is 0 Å². The molecule has 150 valence electrons. The van der Waals surface area contributed by atoms with Crippen LogP contribution in [0.25, 0.3) is 0 Å². The summed E-state index contributed by atoms with van der Waals surface area (Å²) in [5.41, 5.74) is 8.33. The third-order valence-corrected chi connectivity index (χ3v) is 4.96. The van der Waals surface area contributed by atoms with Crippen LogP contribution in [0.3, 0.4) is 0 Å². The van der Waals surface area contributed by atoms with E-state index in [1.165, 1.54) is 0 Å². The van der Waals surface area contributed by atoms with Crippen molar-refractivity contribution in [1.82, 2.24) is 4.90 Å². The predicted molar refractivity (Wildman–Crippen MR) is 115 cm³/mol. The molecule has 2 aromatic rings. The van der Waals surface area contributed by atoms with E-state index in [-0.39, 0.29) is 24.3 Å². The van der Waals surface area contributed by atoms with Gasteiger partial charge in [0.25, 0.3) is 0 Å². The fraction of sp³-hybridized carbons (Fsp3) is 0.333. The van der Waals surface area contributed by atoms with Gasteiger partial charge in [-0.15, -0.1) is 12.4 Å². The van der Waals surface area contributed by atoms with Crippen LogP contribution >= 0.6 is 12.4 Å². The normalized spacial score (nSPS) is 15.3. The van der Waals surface area contributed by atoms with Crippen molar-refractivity contribution in [2.75, 3.05) is 23.7 Å². The summed E-state index contributed by atoms with van der Waals surface area (Å²) in [4.78, 5) is 26.9. The Morgan fingerprint density at radius 2 is 1.46 bits per heavy atom. The minimum absolute atomic E-state index is 0. The second-order valence-corrected chi connectivity index (χ2v) is 6.88. The minimum atomic E-state index is -0.422. The van der Waals surface area contributed by atoms with E-state index >= 15 is 0 Å². The molecule has 2 atom stereocenters. The van der Waals surface area contributed by atoms with Crippen molar-refractivity contribution in [3.8, 4) is 0 Å². The highest BCUT2D eigenvalue weighted by atomic mass is 35.5. The second-order valence-electron chi connectivity index (χ2n) is 6.88. The van der Waals surface area contributed by atoms with Gasteiger partial charge in [0, 0.05) is 19.1 Å². The number of halogens is 1. The van der Waals surface area contributed by atoms with Crippen LogP contribution in [-0.2, 0) is 4.79 Å². The van der Waals surface area contributed by atoms with Crippen LogP contribution in [0.5, 0.6) is 0 Å².